The maximum absolute atomic E-state index is 12.8. The standard InChI is InChI=1S/C15H22O/c1-10-6-8-15-11(2)5-7-14(10,15)9-13(3,4)12(15)16/h5,10H,6-9H2,1-4H3/t10-,14-,15+/m1/s1. The van der Waals surface area contributed by atoms with Crippen molar-refractivity contribution in [2.75, 3.05) is 0 Å². The van der Waals surface area contributed by atoms with E-state index in [0.717, 1.165) is 19.3 Å². The third kappa shape index (κ3) is 0.813. The summed E-state index contributed by atoms with van der Waals surface area (Å²) < 4.78 is 0. The second-order valence-electron chi connectivity index (χ2n) is 6.98. The van der Waals surface area contributed by atoms with Gasteiger partial charge in [-0.3, -0.25) is 4.79 Å². The third-order valence-corrected chi connectivity index (χ3v) is 5.95. The average molecular weight is 218 g/mol. The van der Waals surface area contributed by atoms with Crippen LogP contribution in [0.15, 0.2) is 11.6 Å². The zero-order chi connectivity index (χ0) is 11.8. The van der Waals surface area contributed by atoms with Crippen molar-refractivity contribution in [1.82, 2.24) is 0 Å². The Bertz CT molecular complexity index is 404. The van der Waals surface area contributed by atoms with Crippen molar-refractivity contribution in [3.05, 3.63) is 11.6 Å². The summed E-state index contributed by atoms with van der Waals surface area (Å²) in [5, 5.41) is 0. The first-order valence-corrected chi connectivity index (χ1v) is 6.59. The largest absolute Gasteiger partial charge is 0.298 e. The topological polar surface area (TPSA) is 17.1 Å². The maximum atomic E-state index is 12.8. The molecule has 0 heterocycles. The van der Waals surface area contributed by atoms with Gasteiger partial charge in [0, 0.05) is 5.41 Å². The summed E-state index contributed by atoms with van der Waals surface area (Å²) in [6.07, 6.45) is 6.96. The zero-order valence-corrected chi connectivity index (χ0v) is 10.9. The van der Waals surface area contributed by atoms with Crippen molar-refractivity contribution in [3.63, 3.8) is 0 Å². The number of ketones is 1. The second kappa shape index (κ2) is 2.63. The van der Waals surface area contributed by atoms with E-state index in [2.05, 4.69) is 33.8 Å². The molecule has 0 radical (unpaired) electrons. The molecule has 0 aliphatic heterocycles. The molecule has 0 saturated heterocycles. The number of hydrogen-bond acceptors (Lipinski definition) is 1. The predicted octanol–water partition coefficient (Wildman–Crippen LogP) is 3.74. The number of Topliss-reactive ketones (excluding diaryl/α,β-unsaturated/α-hetero) is 1. The fourth-order valence-corrected chi connectivity index (χ4v) is 5.22. The monoisotopic (exact) mass is 218 g/mol. The molecule has 0 amide bonds. The van der Waals surface area contributed by atoms with E-state index in [9.17, 15) is 4.79 Å². The molecule has 16 heavy (non-hydrogen) atoms. The Labute approximate surface area is 98.3 Å². The van der Waals surface area contributed by atoms with Crippen LogP contribution in [0.25, 0.3) is 0 Å². The minimum absolute atomic E-state index is 0.0596. The fraction of sp³-hybridized carbons (Fsp3) is 0.800. The molecule has 3 rings (SSSR count). The van der Waals surface area contributed by atoms with Gasteiger partial charge < -0.3 is 0 Å². The van der Waals surface area contributed by atoms with Gasteiger partial charge in [-0.1, -0.05) is 32.4 Å². The molecule has 3 aliphatic carbocycles. The molecule has 1 nitrogen and oxygen atoms in total. The van der Waals surface area contributed by atoms with E-state index in [-0.39, 0.29) is 16.2 Å². The Morgan fingerprint density at radius 1 is 1.38 bits per heavy atom. The number of hydrogen-bond donors (Lipinski definition) is 0. The first-order valence-electron chi connectivity index (χ1n) is 6.59. The van der Waals surface area contributed by atoms with Gasteiger partial charge in [-0.2, -0.15) is 0 Å². The first kappa shape index (κ1) is 10.6. The molecule has 0 aromatic heterocycles. The minimum Gasteiger partial charge on any atom is -0.298 e. The van der Waals surface area contributed by atoms with Crippen LogP contribution in [-0.4, -0.2) is 5.78 Å². The molecule has 2 saturated carbocycles. The van der Waals surface area contributed by atoms with Gasteiger partial charge in [0.15, 0.2) is 0 Å². The quantitative estimate of drug-likeness (QED) is 0.566. The molecular formula is C15H22O. The number of carbonyl (C=O) groups excluding carboxylic acids is 1. The number of allylic oxidation sites excluding steroid dienone is 2. The van der Waals surface area contributed by atoms with Crippen molar-refractivity contribution in [1.29, 1.82) is 0 Å². The number of carbonyl (C=O) groups is 1. The van der Waals surface area contributed by atoms with E-state index in [4.69, 9.17) is 0 Å². The summed E-state index contributed by atoms with van der Waals surface area (Å²) in [5.74, 6) is 1.25. The highest BCUT2D eigenvalue weighted by Crippen LogP contribution is 2.74. The van der Waals surface area contributed by atoms with Crippen LogP contribution in [0, 0.1) is 22.2 Å². The van der Waals surface area contributed by atoms with Crippen LogP contribution in [0.3, 0.4) is 0 Å². The van der Waals surface area contributed by atoms with Crippen LogP contribution < -0.4 is 0 Å². The summed E-state index contributed by atoms with van der Waals surface area (Å²) in [4.78, 5) is 12.8. The Kier molecular flexibility index (Phi) is 1.73. The Hall–Kier alpha value is -0.590. The SMILES string of the molecule is CC1=CC[C@]23CC(C)(C)C(=O)[C@]12CC[C@H]3C. The molecule has 3 aliphatic rings. The minimum atomic E-state index is -0.0931. The zero-order valence-electron chi connectivity index (χ0n) is 10.9. The normalized spacial score (nSPS) is 49.1. The van der Waals surface area contributed by atoms with Crippen molar-refractivity contribution >= 4 is 5.78 Å². The molecule has 0 bridgehead atoms. The predicted molar refractivity (Wildman–Crippen MR) is 65.0 cm³/mol. The lowest BCUT2D eigenvalue weighted by Crippen LogP contribution is -2.38. The summed E-state index contributed by atoms with van der Waals surface area (Å²) in [6.45, 7) is 8.87. The smallest absolute Gasteiger partial charge is 0.149 e. The van der Waals surface area contributed by atoms with Gasteiger partial charge >= 0.3 is 0 Å². The highest BCUT2D eigenvalue weighted by atomic mass is 16.1. The Morgan fingerprint density at radius 2 is 2.06 bits per heavy atom. The van der Waals surface area contributed by atoms with Gasteiger partial charge in [0.2, 0.25) is 0 Å². The van der Waals surface area contributed by atoms with Crippen LogP contribution in [0.5, 0.6) is 0 Å². The van der Waals surface area contributed by atoms with Gasteiger partial charge in [0.25, 0.3) is 0 Å². The lowest BCUT2D eigenvalue weighted by atomic mass is 9.64. The van der Waals surface area contributed by atoms with Crippen LogP contribution in [-0.2, 0) is 4.79 Å². The van der Waals surface area contributed by atoms with Gasteiger partial charge in [0.05, 0.1) is 5.41 Å². The van der Waals surface area contributed by atoms with E-state index >= 15 is 0 Å². The molecule has 0 unspecified atom stereocenters. The molecule has 1 heteroatoms. The molecule has 2 fully saturated rings. The van der Waals surface area contributed by atoms with Gasteiger partial charge in [-0.25, -0.2) is 0 Å². The van der Waals surface area contributed by atoms with E-state index in [1.54, 1.807) is 0 Å². The third-order valence-electron chi connectivity index (χ3n) is 5.95. The Morgan fingerprint density at radius 3 is 2.69 bits per heavy atom. The summed E-state index contributed by atoms with van der Waals surface area (Å²) in [7, 11) is 0. The Balaban J connectivity index is 2.23. The highest BCUT2D eigenvalue weighted by molar-refractivity contribution is 5.97. The summed E-state index contributed by atoms with van der Waals surface area (Å²) >= 11 is 0. The summed E-state index contributed by atoms with van der Waals surface area (Å²) in [5.41, 5.74) is 1.52. The average Bonchev–Trinajstić information content (AvgIpc) is 2.69. The summed E-state index contributed by atoms with van der Waals surface area (Å²) in [6, 6.07) is 0. The molecule has 0 aromatic carbocycles. The first-order chi connectivity index (χ1) is 7.37. The van der Waals surface area contributed by atoms with Crippen molar-refractivity contribution < 1.29 is 4.79 Å². The molecule has 0 spiro atoms. The van der Waals surface area contributed by atoms with Crippen LogP contribution in [0.4, 0.5) is 0 Å². The molecule has 0 aromatic rings. The lowest BCUT2D eigenvalue weighted by molar-refractivity contribution is -0.131. The lowest BCUT2D eigenvalue weighted by Gasteiger charge is -2.37. The van der Waals surface area contributed by atoms with E-state index in [1.165, 1.54) is 12.0 Å². The maximum Gasteiger partial charge on any atom is 0.149 e. The van der Waals surface area contributed by atoms with Crippen LogP contribution >= 0.6 is 0 Å². The second-order valence-corrected chi connectivity index (χ2v) is 6.98. The van der Waals surface area contributed by atoms with E-state index < -0.39 is 0 Å². The molecule has 88 valence electrons. The molecule has 0 N–H and O–H groups in total. The van der Waals surface area contributed by atoms with Gasteiger partial charge in [0.1, 0.15) is 5.78 Å². The van der Waals surface area contributed by atoms with Crippen molar-refractivity contribution in [2.24, 2.45) is 22.2 Å². The van der Waals surface area contributed by atoms with Gasteiger partial charge in [-0.15, -0.1) is 0 Å². The van der Waals surface area contributed by atoms with Crippen LogP contribution in [0.1, 0.15) is 53.4 Å². The highest BCUT2D eigenvalue weighted by Gasteiger charge is 2.72. The van der Waals surface area contributed by atoms with E-state index in [1.807, 2.05) is 0 Å². The van der Waals surface area contributed by atoms with Crippen molar-refractivity contribution in [3.8, 4) is 0 Å². The van der Waals surface area contributed by atoms with Crippen molar-refractivity contribution in [2.45, 2.75) is 53.4 Å². The fourth-order valence-electron chi connectivity index (χ4n) is 5.22. The molecular weight excluding hydrogens is 196 g/mol. The molecule has 3 atom stereocenters. The van der Waals surface area contributed by atoms with Gasteiger partial charge in [-0.05, 0) is 43.9 Å². The number of rotatable bonds is 0. The van der Waals surface area contributed by atoms with E-state index in [0.29, 0.717) is 11.7 Å². The van der Waals surface area contributed by atoms with Crippen LogP contribution in [0.2, 0.25) is 0 Å².